The summed E-state index contributed by atoms with van der Waals surface area (Å²) in [4.78, 5) is 35.8. The van der Waals surface area contributed by atoms with Crippen molar-refractivity contribution in [3.05, 3.63) is 52.2 Å². The Bertz CT molecular complexity index is 728. The van der Waals surface area contributed by atoms with Gasteiger partial charge < -0.3 is 4.74 Å². The third-order valence-electron chi connectivity index (χ3n) is 3.43. The first-order chi connectivity index (χ1) is 12.1. The number of aryl methyl sites for hydroxylation is 1. The van der Waals surface area contributed by atoms with Crippen LogP contribution in [0.5, 0.6) is 5.75 Å². The summed E-state index contributed by atoms with van der Waals surface area (Å²) in [6.45, 7) is 1.80. The molecule has 0 spiro atoms. The topological polar surface area (TPSA) is 84.5 Å². The van der Waals surface area contributed by atoms with Crippen molar-refractivity contribution >= 4 is 28.9 Å². The molecule has 0 saturated heterocycles. The molecule has 2 N–H and O–H groups in total. The molecule has 2 rings (SSSR count). The third kappa shape index (κ3) is 6.04. The van der Waals surface area contributed by atoms with E-state index in [0.29, 0.717) is 10.6 Å². The number of ether oxygens (including phenoxy) is 1. The summed E-state index contributed by atoms with van der Waals surface area (Å²) in [5, 5.41) is 1.81. The molecule has 1 aromatic carbocycles. The van der Waals surface area contributed by atoms with Crippen LogP contribution in [-0.4, -0.2) is 24.2 Å². The Labute approximate surface area is 150 Å². The van der Waals surface area contributed by atoms with E-state index < -0.39 is 11.8 Å². The molecule has 25 heavy (non-hydrogen) atoms. The Kier molecular flexibility index (Phi) is 7.16. The largest absolute Gasteiger partial charge is 0.483 e. The van der Waals surface area contributed by atoms with Gasteiger partial charge in [-0.25, -0.2) is 0 Å². The molecular formula is C18H20N2O4S. The Morgan fingerprint density at radius 2 is 1.76 bits per heavy atom. The SMILES string of the molecule is CCc1ccccc1OCC(=O)NNC(=O)CCC(=O)c1cccs1. The molecule has 0 saturated carbocycles. The number of ketones is 1. The van der Waals surface area contributed by atoms with Gasteiger partial charge in [0.2, 0.25) is 5.91 Å². The number of rotatable bonds is 8. The number of carbonyl (C=O) groups excluding carboxylic acids is 3. The van der Waals surface area contributed by atoms with Crippen LogP contribution < -0.4 is 15.6 Å². The number of hydrogen-bond donors (Lipinski definition) is 2. The number of benzene rings is 1. The number of nitrogens with one attached hydrogen (secondary N) is 2. The quantitative estimate of drug-likeness (QED) is 0.560. The zero-order valence-electron chi connectivity index (χ0n) is 13.9. The Hall–Kier alpha value is -2.67. The van der Waals surface area contributed by atoms with Crippen LogP contribution in [0.3, 0.4) is 0 Å². The van der Waals surface area contributed by atoms with Crippen LogP contribution in [0.4, 0.5) is 0 Å². The van der Waals surface area contributed by atoms with Gasteiger partial charge >= 0.3 is 0 Å². The summed E-state index contributed by atoms with van der Waals surface area (Å²) >= 11 is 1.34. The van der Waals surface area contributed by atoms with Gasteiger partial charge in [-0.2, -0.15) is 0 Å². The second-order valence-corrected chi connectivity index (χ2v) is 6.19. The average Bonchev–Trinajstić information content (AvgIpc) is 3.17. The first-order valence-electron chi connectivity index (χ1n) is 7.95. The summed E-state index contributed by atoms with van der Waals surface area (Å²) < 4.78 is 5.45. The van der Waals surface area contributed by atoms with Crippen molar-refractivity contribution in [3.8, 4) is 5.75 Å². The number of thiophene rings is 1. The standard InChI is InChI=1S/C18H20N2O4S/c1-2-13-6-3-4-7-15(13)24-12-18(23)20-19-17(22)10-9-14(21)16-8-5-11-25-16/h3-8,11H,2,9-10,12H2,1H3,(H,19,22)(H,20,23). The molecule has 0 aliphatic heterocycles. The van der Waals surface area contributed by atoms with Gasteiger partial charge in [-0.05, 0) is 29.5 Å². The van der Waals surface area contributed by atoms with Crippen molar-refractivity contribution < 1.29 is 19.1 Å². The molecule has 7 heteroatoms. The van der Waals surface area contributed by atoms with E-state index in [0.717, 1.165) is 12.0 Å². The molecule has 0 atom stereocenters. The molecule has 0 aliphatic rings. The fraction of sp³-hybridized carbons (Fsp3) is 0.278. The smallest absolute Gasteiger partial charge is 0.276 e. The molecule has 6 nitrogen and oxygen atoms in total. The van der Waals surface area contributed by atoms with Crippen molar-refractivity contribution in [3.63, 3.8) is 0 Å². The van der Waals surface area contributed by atoms with Gasteiger partial charge in [0.05, 0.1) is 4.88 Å². The van der Waals surface area contributed by atoms with Crippen LogP contribution in [0, 0.1) is 0 Å². The monoisotopic (exact) mass is 360 g/mol. The van der Waals surface area contributed by atoms with Gasteiger partial charge in [-0.3, -0.25) is 25.2 Å². The molecule has 0 radical (unpaired) electrons. The molecule has 0 aliphatic carbocycles. The minimum absolute atomic E-state index is 0.0105. The van der Waals surface area contributed by atoms with Crippen LogP contribution >= 0.6 is 11.3 Å². The van der Waals surface area contributed by atoms with Crippen LogP contribution in [-0.2, 0) is 16.0 Å². The van der Waals surface area contributed by atoms with Crippen molar-refractivity contribution in [1.82, 2.24) is 10.9 Å². The molecule has 0 bridgehead atoms. The van der Waals surface area contributed by atoms with E-state index in [-0.39, 0.29) is 25.2 Å². The van der Waals surface area contributed by atoms with E-state index in [1.54, 1.807) is 18.2 Å². The molecular weight excluding hydrogens is 340 g/mol. The highest BCUT2D eigenvalue weighted by atomic mass is 32.1. The Balaban J connectivity index is 1.67. The fourth-order valence-electron chi connectivity index (χ4n) is 2.11. The molecule has 0 unspecified atom stereocenters. The zero-order valence-corrected chi connectivity index (χ0v) is 14.7. The minimum Gasteiger partial charge on any atom is -0.483 e. The molecule has 1 aromatic heterocycles. The van der Waals surface area contributed by atoms with Gasteiger partial charge in [-0.1, -0.05) is 31.2 Å². The van der Waals surface area contributed by atoms with E-state index in [1.807, 2.05) is 30.5 Å². The van der Waals surface area contributed by atoms with E-state index >= 15 is 0 Å². The average molecular weight is 360 g/mol. The Morgan fingerprint density at radius 3 is 2.48 bits per heavy atom. The summed E-state index contributed by atoms with van der Waals surface area (Å²) in [5.41, 5.74) is 5.56. The summed E-state index contributed by atoms with van der Waals surface area (Å²) in [7, 11) is 0. The maximum Gasteiger partial charge on any atom is 0.276 e. The van der Waals surface area contributed by atoms with Crippen LogP contribution in [0.2, 0.25) is 0 Å². The Morgan fingerprint density at radius 1 is 1.00 bits per heavy atom. The number of hydrazine groups is 1. The van der Waals surface area contributed by atoms with E-state index in [9.17, 15) is 14.4 Å². The summed E-state index contributed by atoms with van der Waals surface area (Å²) in [5.74, 6) is -0.333. The predicted octanol–water partition coefficient (Wildman–Crippen LogP) is 2.50. The fourth-order valence-corrected chi connectivity index (χ4v) is 2.80. The van der Waals surface area contributed by atoms with Gasteiger partial charge in [0.1, 0.15) is 5.75 Å². The zero-order chi connectivity index (χ0) is 18.1. The lowest BCUT2D eigenvalue weighted by atomic mass is 10.1. The van der Waals surface area contributed by atoms with Crippen molar-refractivity contribution in [2.45, 2.75) is 26.2 Å². The maximum atomic E-state index is 11.8. The molecule has 2 amide bonds. The summed E-state index contributed by atoms with van der Waals surface area (Å²) in [6.07, 6.45) is 0.909. The third-order valence-corrected chi connectivity index (χ3v) is 4.34. The van der Waals surface area contributed by atoms with E-state index in [2.05, 4.69) is 10.9 Å². The lowest BCUT2D eigenvalue weighted by Gasteiger charge is -2.11. The first-order valence-corrected chi connectivity index (χ1v) is 8.83. The second kappa shape index (κ2) is 9.58. The van der Waals surface area contributed by atoms with Crippen molar-refractivity contribution in [2.75, 3.05) is 6.61 Å². The van der Waals surface area contributed by atoms with Crippen molar-refractivity contribution in [2.24, 2.45) is 0 Å². The van der Waals surface area contributed by atoms with Crippen LogP contribution in [0.1, 0.15) is 35.0 Å². The second-order valence-electron chi connectivity index (χ2n) is 5.25. The van der Waals surface area contributed by atoms with Crippen LogP contribution in [0.25, 0.3) is 0 Å². The minimum atomic E-state index is -0.469. The molecule has 2 aromatic rings. The van der Waals surface area contributed by atoms with E-state index in [1.165, 1.54) is 11.3 Å². The lowest BCUT2D eigenvalue weighted by Crippen LogP contribution is -2.43. The first kappa shape index (κ1) is 18.7. The number of para-hydroxylation sites is 1. The highest BCUT2D eigenvalue weighted by Gasteiger charge is 2.11. The molecule has 0 fully saturated rings. The van der Waals surface area contributed by atoms with Crippen LogP contribution in [0.15, 0.2) is 41.8 Å². The van der Waals surface area contributed by atoms with Gasteiger partial charge in [0.25, 0.3) is 5.91 Å². The number of Topliss-reactive ketones (excluding diaryl/α,β-unsaturated/α-hetero) is 1. The summed E-state index contributed by atoms with van der Waals surface area (Å²) in [6, 6.07) is 11.0. The molecule has 1 heterocycles. The molecule has 132 valence electrons. The highest BCUT2D eigenvalue weighted by molar-refractivity contribution is 7.12. The van der Waals surface area contributed by atoms with E-state index in [4.69, 9.17) is 4.74 Å². The lowest BCUT2D eigenvalue weighted by molar-refractivity contribution is -0.130. The maximum absolute atomic E-state index is 11.8. The predicted molar refractivity (Wildman–Crippen MR) is 95.5 cm³/mol. The van der Waals surface area contributed by atoms with Gasteiger partial charge in [0, 0.05) is 12.8 Å². The normalized spacial score (nSPS) is 10.1. The number of amides is 2. The number of carbonyl (C=O) groups is 3. The number of hydrogen-bond acceptors (Lipinski definition) is 5. The van der Waals surface area contributed by atoms with Gasteiger partial charge in [0.15, 0.2) is 12.4 Å². The van der Waals surface area contributed by atoms with Gasteiger partial charge in [-0.15, -0.1) is 11.3 Å². The van der Waals surface area contributed by atoms with Crippen molar-refractivity contribution in [1.29, 1.82) is 0 Å². The highest BCUT2D eigenvalue weighted by Crippen LogP contribution is 2.17.